The van der Waals surface area contributed by atoms with Crippen LogP contribution < -0.4 is 15.4 Å². The minimum atomic E-state index is -4.54. The summed E-state index contributed by atoms with van der Waals surface area (Å²) in [5, 5.41) is 13.3. The van der Waals surface area contributed by atoms with Crippen molar-refractivity contribution in [1.29, 1.82) is 0 Å². The molecule has 0 fully saturated rings. The van der Waals surface area contributed by atoms with E-state index in [4.69, 9.17) is 0 Å². The van der Waals surface area contributed by atoms with Crippen LogP contribution in [0.15, 0.2) is 24.3 Å². The van der Waals surface area contributed by atoms with Crippen molar-refractivity contribution in [2.75, 3.05) is 13.1 Å². The Morgan fingerprint density at radius 3 is 2.55 bits per heavy atom. The van der Waals surface area contributed by atoms with E-state index >= 15 is 0 Å². The summed E-state index contributed by atoms with van der Waals surface area (Å²) in [6, 6.07) is 3.99. The third kappa shape index (κ3) is 7.07. The summed E-state index contributed by atoms with van der Waals surface area (Å²) in [6.45, 7) is -4.94. The zero-order valence-electron chi connectivity index (χ0n) is 11.0. The first kappa shape index (κ1) is 18.0. The number of ether oxygens (including phenoxy) is 1. The molecule has 10 heteroatoms. The van der Waals surface area contributed by atoms with Crippen molar-refractivity contribution in [1.82, 2.24) is 10.6 Å². The van der Waals surface area contributed by atoms with Gasteiger partial charge in [-0.2, -0.15) is 22.0 Å². The Kier molecular flexibility index (Phi) is 6.35. The first-order chi connectivity index (χ1) is 10.2. The van der Waals surface area contributed by atoms with Gasteiger partial charge in [0.25, 0.3) is 0 Å². The molecular weight excluding hydrogens is 315 g/mol. The second-order valence-corrected chi connectivity index (χ2v) is 4.15. The quantitative estimate of drug-likeness (QED) is 0.701. The van der Waals surface area contributed by atoms with Gasteiger partial charge in [-0.25, -0.2) is 4.79 Å². The molecule has 1 atom stereocenters. The average Bonchev–Trinajstić information content (AvgIpc) is 2.41. The smallest absolute Gasteiger partial charge is 0.405 e. The number of carbonyl (C=O) groups is 1. The lowest BCUT2D eigenvalue weighted by Gasteiger charge is -2.14. The van der Waals surface area contributed by atoms with Gasteiger partial charge in [-0.05, 0) is 17.7 Å². The van der Waals surface area contributed by atoms with Crippen LogP contribution in [0.2, 0.25) is 0 Å². The standard InChI is InChI=1S/C12H13F5N2O3/c13-10(14)22-8-3-1-2-7(4-8)9(20)5-18-11(21)19-6-12(15,16)17/h1-4,9-10,20H,5-6H2,(H2,18,19,21). The first-order valence-electron chi connectivity index (χ1n) is 5.98. The molecule has 124 valence electrons. The van der Waals surface area contributed by atoms with E-state index < -0.39 is 38.0 Å². The van der Waals surface area contributed by atoms with Gasteiger partial charge in [-0.3, -0.25) is 0 Å². The van der Waals surface area contributed by atoms with Crippen LogP contribution in [0.1, 0.15) is 11.7 Å². The minimum Gasteiger partial charge on any atom is -0.435 e. The van der Waals surface area contributed by atoms with Gasteiger partial charge in [0.05, 0.1) is 6.10 Å². The molecule has 0 spiro atoms. The summed E-state index contributed by atoms with van der Waals surface area (Å²) in [5.74, 6) is -0.187. The molecule has 0 radical (unpaired) electrons. The van der Waals surface area contributed by atoms with Crippen LogP contribution in [0.25, 0.3) is 0 Å². The molecule has 22 heavy (non-hydrogen) atoms. The maximum Gasteiger partial charge on any atom is 0.405 e. The third-order valence-corrected chi connectivity index (χ3v) is 2.37. The van der Waals surface area contributed by atoms with Crippen molar-refractivity contribution in [3.8, 4) is 5.75 Å². The van der Waals surface area contributed by atoms with Crippen LogP contribution in [0, 0.1) is 0 Å². The van der Waals surface area contributed by atoms with Gasteiger partial charge >= 0.3 is 18.8 Å². The Morgan fingerprint density at radius 2 is 1.95 bits per heavy atom. The van der Waals surface area contributed by atoms with E-state index in [1.165, 1.54) is 18.2 Å². The Bertz CT molecular complexity index is 496. The van der Waals surface area contributed by atoms with E-state index in [9.17, 15) is 31.9 Å². The summed E-state index contributed by atoms with van der Waals surface area (Å²) in [6.07, 6.45) is -5.84. The van der Waals surface area contributed by atoms with Crippen LogP contribution in [-0.2, 0) is 0 Å². The predicted octanol–water partition coefficient (Wildman–Crippen LogP) is 2.18. The van der Waals surface area contributed by atoms with E-state index in [0.717, 1.165) is 6.07 Å². The number of hydrogen-bond acceptors (Lipinski definition) is 3. The largest absolute Gasteiger partial charge is 0.435 e. The van der Waals surface area contributed by atoms with Gasteiger partial charge in [0, 0.05) is 6.54 Å². The maximum absolute atomic E-state index is 12.0. The molecular formula is C12H13F5N2O3. The first-order valence-corrected chi connectivity index (χ1v) is 5.98. The van der Waals surface area contributed by atoms with Gasteiger partial charge in [0.15, 0.2) is 0 Å². The monoisotopic (exact) mass is 328 g/mol. The van der Waals surface area contributed by atoms with Crippen molar-refractivity contribution in [2.45, 2.75) is 18.9 Å². The molecule has 0 aliphatic heterocycles. The zero-order chi connectivity index (χ0) is 16.8. The van der Waals surface area contributed by atoms with E-state index in [1.807, 2.05) is 5.32 Å². The highest BCUT2D eigenvalue weighted by Crippen LogP contribution is 2.20. The van der Waals surface area contributed by atoms with E-state index in [-0.39, 0.29) is 11.3 Å². The average molecular weight is 328 g/mol. The molecule has 1 aromatic rings. The van der Waals surface area contributed by atoms with Crippen molar-refractivity contribution < 1.29 is 36.6 Å². The summed E-state index contributed by atoms with van der Waals surface area (Å²) in [4.78, 5) is 11.1. The summed E-state index contributed by atoms with van der Waals surface area (Å²) < 4.78 is 63.8. The summed E-state index contributed by atoms with van der Waals surface area (Å²) in [5.41, 5.74) is 0.161. The second-order valence-electron chi connectivity index (χ2n) is 4.15. The van der Waals surface area contributed by atoms with Crippen LogP contribution in [-0.4, -0.2) is 37.0 Å². The van der Waals surface area contributed by atoms with Gasteiger partial charge < -0.3 is 20.5 Å². The Labute approximate surface area is 122 Å². The van der Waals surface area contributed by atoms with E-state index in [2.05, 4.69) is 4.74 Å². The number of aliphatic hydroxyl groups excluding tert-OH is 1. The van der Waals surface area contributed by atoms with Gasteiger partial charge in [0.1, 0.15) is 12.3 Å². The highest BCUT2D eigenvalue weighted by molar-refractivity contribution is 5.73. The molecule has 0 bridgehead atoms. The number of amides is 2. The number of alkyl halides is 5. The van der Waals surface area contributed by atoms with Crippen molar-refractivity contribution in [3.63, 3.8) is 0 Å². The number of hydrogen-bond donors (Lipinski definition) is 3. The lowest BCUT2D eigenvalue weighted by Crippen LogP contribution is -2.42. The van der Waals surface area contributed by atoms with Crippen molar-refractivity contribution >= 4 is 6.03 Å². The summed E-state index contributed by atoms with van der Waals surface area (Å²) in [7, 11) is 0. The number of urea groups is 1. The fourth-order valence-electron chi connectivity index (χ4n) is 1.45. The van der Waals surface area contributed by atoms with E-state index in [0.29, 0.717) is 0 Å². The molecule has 0 heterocycles. The molecule has 0 aliphatic carbocycles. The molecule has 3 N–H and O–H groups in total. The number of rotatable bonds is 6. The van der Waals surface area contributed by atoms with Gasteiger partial charge in [-0.1, -0.05) is 12.1 Å². The molecule has 0 saturated heterocycles. The number of aliphatic hydroxyl groups is 1. The molecule has 0 saturated carbocycles. The molecule has 5 nitrogen and oxygen atoms in total. The maximum atomic E-state index is 12.0. The molecule has 1 rings (SSSR count). The molecule has 0 aromatic heterocycles. The van der Waals surface area contributed by atoms with E-state index in [1.54, 1.807) is 5.32 Å². The SMILES string of the molecule is O=C(NCC(O)c1cccc(OC(F)F)c1)NCC(F)(F)F. The second kappa shape index (κ2) is 7.78. The zero-order valence-corrected chi connectivity index (χ0v) is 11.0. The fourth-order valence-corrected chi connectivity index (χ4v) is 1.45. The van der Waals surface area contributed by atoms with Crippen molar-refractivity contribution in [2.24, 2.45) is 0 Å². The topological polar surface area (TPSA) is 70.6 Å². The highest BCUT2D eigenvalue weighted by atomic mass is 19.4. The van der Waals surface area contributed by atoms with Crippen molar-refractivity contribution in [3.05, 3.63) is 29.8 Å². The predicted molar refractivity (Wildman–Crippen MR) is 65.5 cm³/mol. The summed E-state index contributed by atoms with van der Waals surface area (Å²) >= 11 is 0. The fraction of sp³-hybridized carbons (Fsp3) is 0.417. The Morgan fingerprint density at radius 1 is 1.27 bits per heavy atom. The third-order valence-electron chi connectivity index (χ3n) is 2.37. The van der Waals surface area contributed by atoms with Gasteiger partial charge in [-0.15, -0.1) is 0 Å². The molecule has 1 unspecified atom stereocenters. The number of benzene rings is 1. The van der Waals surface area contributed by atoms with Crippen LogP contribution in [0.5, 0.6) is 5.75 Å². The number of halogens is 5. The lowest BCUT2D eigenvalue weighted by atomic mass is 10.1. The molecule has 1 aromatic carbocycles. The Balaban J connectivity index is 2.48. The van der Waals surface area contributed by atoms with Crippen LogP contribution in [0.3, 0.4) is 0 Å². The number of nitrogens with one attached hydrogen (secondary N) is 2. The normalized spacial score (nSPS) is 12.9. The van der Waals surface area contributed by atoms with Gasteiger partial charge in [0.2, 0.25) is 0 Å². The highest BCUT2D eigenvalue weighted by Gasteiger charge is 2.27. The molecule has 2 amide bonds. The Hall–Kier alpha value is -2.10. The van der Waals surface area contributed by atoms with Crippen LogP contribution in [0.4, 0.5) is 26.7 Å². The lowest BCUT2D eigenvalue weighted by molar-refractivity contribution is -0.122. The number of carbonyl (C=O) groups excluding carboxylic acids is 1. The minimum absolute atomic E-state index is 0.161. The van der Waals surface area contributed by atoms with Crippen LogP contribution >= 0.6 is 0 Å². The molecule has 0 aliphatic rings.